The highest BCUT2D eigenvalue weighted by Crippen LogP contribution is 2.24. The summed E-state index contributed by atoms with van der Waals surface area (Å²) in [6.45, 7) is 3.93. The average molecular weight is 220 g/mol. The van der Waals surface area contributed by atoms with Crippen molar-refractivity contribution in [2.24, 2.45) is 0 Å². The molecule has 3 N–H and O–H groups in total. The first kappa shape index (κ1) is 10.4. The van der Waals surface area contributed by atoms with Crippen molar-refractivity contribution in [2.75, 3.05) is 5.73 Å². The van der Waals surface area contributed by atoms with Crippen molar-refractivity contribution in [3.63, 3.8) is 0 Å². The molecule has 2 rings (SSSR count). The summed E-state index contributed by atoms with van der Waals surface area (Å²) >= 11 is 0. The van der Waals surface area contributed by atoms with Crippen LogP contribution in [0.25, 0.3) is 5.52 Å². The molecular formula is C10H12N4O2. The lowest BCUT2D eigenvalue weighted by Gasteiger charge is -2.04. The zero-order valence-corrected chi connectivity index (χ0v) is 9.01. The summed E-state index contributed by atoms with van der Waals surface area (Å²) in [7, 11) is 0. The largest absolute Gasteiger partial charge is 0.478 e. The van der Waals surface area contributed by atoms with Gasteiger partial charge in [0.1, 0.15) is 11.8 Å². The number of aromatic carboxylic acids is 1. The normalized spacial score (nSPS) is 11.2. The molecule has 6 nitrogen and oxygen atoms in total. The summed E-state index contributed by atoms with van der Waals surface area (Å²) in [6, 6.07) is 1.59. The molecule has 0 fully saturated rings. The fourth-order valence-corrected chi connectivity index (χ4v) is 1.67. The number of nitrogens with two attached hydrogens (primary N) is 1. The summed E-state index contributed by atoms with van der Waals surface area (Å²) in [5.41, 5.74) is 6.98. The lowest BCUT2D eigenvalue weighted by Crippen LogP contribution is -2.04. The van der Waals surface area contributed by atoms with E-state index in [1.165, 1.54) is 10.8 Å². The molecule has 0 aromatic carbocycles. The van der Waals surface area contributed by atoms with Crippen molar-refractivity contribution in [1.82, 2.24) is 14.6 Å². The molecule has 16 heavy (non-hydrogen) atoms. The first-order valence-corrected chi connectivity index (χ1v) is 4.87. The number of nitrogen functional groups attached to an aromatic ring is 1. The number of hydrogen-bond acceptors (Lipinski definition) is 4. The van der Waals surface area contributed by atoms with E-state index in [0.717, 1.165) is 5.69 Å². The van der Waals surface area contributed by atoms with E-state index < -0.39 is 5.97 Å². The van der Waals surface area contributed by atoms with Crippen LogP contribution < -0.4 is 5.73 Å². The molecular weight excluding hydrogens is 208 g/mol. The zero-order chi connectivity index (χ0) is 11.9. The van der Waals surface area contributed by atoms with Gasteiger partial charge in [-0.1, -0.05) is 13.8 Å². The molecule has 0 aliphatic rings. The van der Waals surface area contributed by atoms with Gasteiger partial charge in [-0.05, 0) is 12.0 Å². The Kier molecular flexibility index (Phi) is 2.26. The smallest absolute Gasteiger partial charge is 0.338 e. The standard InChI is InChI=1S/C10H12N4O2/c1-5(2)7-3-6(10(15)16)8-9(11)12-4-13-14(7)8/h3-5H,1-2H3,(H,15,16)(H2,11,12,13). The molecule has 0 aliphatic heterocycles. The fourth-order valence-electron chi connectivity index (χ4n) is 1.67. The molecule has 0 saturated heterocycles. The minimum atomic E-state index is -1.02. The summed E-state index contributed by atoms with van der Waals surface area (Å²) in [5, 5.41) is 13.1. The molecule has 0 spiro atoms. The van der Waals surface area contributed by atoms with Crippen LogP contribution in [0.4, 0.5) is 5.82 Å². The lowest BCUT2D eigenvalue weighted by atomic mass is 10.1. The summed E-state index contributed by atoms with van der Waals surface area (Å²) < 4.78 is 1.54. The van der Waals surface area contributed by atoms with E-state index in [1.807, 2.05) is 13.8 Å². The number of carbonyl (C=O) groups is 1. The van der Waals surface area contributed by atoms with E-state index in [9.17, 15) is 4.79 Å². The van der Waals surface area contributed by atoms with Gasteiger partial charge in [0.25, 0.3) is 0 Å². The monoisotopic (exact) mass is 220 g/mol. The molecule has 2 aromatic rings. The molecule has 6 heteroatoms. The van der Waals surface area contributed by atoms with Crippen LogP contribution in [0.3, 0.4) is 0 Å². The lowest BCUT2D eigenvalue weighted by molar-refractivity contribution is 0.0699. The molecule has 2 aromatic heterocycles. The first-order valence-electron chi connectivity index (χ1n) is 4.87. The third-order valence-electron chi connectivity index (χ3n) is 2.43. The quantitative estimate of drug-likeness (QED) is 0.791. The molecule has 0 unspecified atom stereocenters. The predicted octanol–water partition coefficient (Wildman–Crippen LogP) is 1.13. The van der Waals surface area contributed by atoms with Gasteiger partial charge in [0, 0.05) is 5.69 Å². The average Bonchev–Trinajstić information content (AvgIpc) is 2.58. The van der Waals surface area contributed by atoms with E-state index >= 15 is 0 Å². The summed E-state index contributed by atoms with van der Waals surface area (Å²) in [6.07, 6.45) is 1.32. The Hall–Kier alpha value is -2.11. The number of nitrogens with zero attached hydrogens (tertiary/aromatic N) is 3. The molecule has 0 saturated carbocycles. The Balaban J connectivity index is 2.87. The van der Waals surface area contributed by atoms with Crippen molar-refractivity contribution in [1.29, 1.82) is 0 Å². The number of carboxylic acid groups (broad SMARTS) is 1. The van der Waals surface area contributed by atoms with Crippen LogP contribution in [0, 0.1) is 0 Å². The topological polar surface area (TPSA) is 93.5 Å². The number of anilines is 1. The highest BCUT2D eigenvalue weighted by atomic mass is 16.4. The minimum absolute atomic E-state index is 0.141. The van der Waals surface area contributed by atoms with Gasteiger partial charge >= 0.3 is 5.97 Å². The zero-order valence-electron chi connectivity index (χ0n) is 9.01. The van der Waals surface area contributed by atoms with Crippen LogP contribution in [0.2, 0.25) is 0 Å². The van der Waals surface area contributed by atoms with Gasteiger partial charge in [-0.15, -0.1) is 0 Å². The van der Waals surface area contributed by atoms with Crippen LogP contribution in [-0.4, -0.2) is 25.7 Å². The van der Waals surface area contributed by atoms with Gasteiger partial charge in [0.05, 0.1) is 5.56 Å². The number of rotatable bonds is 2. The van der Waals surface area contributed by atoms with Gasteiger partial charge in [-0.3, -0.25) is 0 Å². The Bertz CT molecular complexity index is 559. The van der Waals surface area contributed by atoms with Crippen molar-refractivity contribution >= 4 is 17.3 Å². The Labute approximate surface area is 91.7 Å². The van der Waals surface area contributed by atoms with Crippen molar-refractivity contribution in [3.05, 3.63) is 23.7 Å². The molecule has 0 amide bonds. The highest BCUT2D eigenvalue weighted by Gasteiger charge is 2.19. The molecule has 0 aliphatic carbocycles. The van der Waals surface area contributed by atoms with Gasteiger partial charge in [-0.25, -0.2) is 14.3 Å². The maximum atomic E-state index is 11.1. The highest BCUT2D eigenvalue weighted by molar-refractivity contribution is 5.99. The predicted molar refractivity (Wildman–Crippen MR) is 58.4 cm³/mol. The second kappa shape index (κ2) is 3.48. The maximum absolute atomic E-state index is 11.1. The van der Waals surface area contributed by atoms with E-state index in [0.29, 0.717) is 5.52 Å². The van der Waals surface area contributed by atoms with Crippen molar-refractivity contribution in [3.8, 4) is 0 Å². The van der Waals surface area contributed by atoms with Crippen LogP contribution in [0.5, 0.6) is 0 Å². The Morgan fingerprint density at radius 2 is 2.25 bits per heavy atom. The second-order valence-corrected chi connectivity index (χ2v) is 3.85. The van der Waals surface area contributed by atoms with Crippen LogP contribution in [-0.2, 0) is 0 Å². The van der Waals surface area contributed by atoms with E-state index in [2.05, 4.69) is 10.1 Å². The van der Waals surface area contributed by atoms with E-state index in [1.54, 1.807) is 6.07 Å². The number of fused-ring (bicyclic) bond motifs is 1. The van der Waals surface area contributed by atoms with E-state index in [4.69, 9.17) is 10.8 Å². The number of carboxylic acids is 1. The summed E-state index contributed by atoms with van der Waals surface area (Å²) in [4.78, 5) is 14.9. The second-order valence-electron chi connectivity index (χ2n) is 3.85. The molecule has 0 atom stereocenters. The van der Waals surface area contributed by atoms with Crippen LogP contribution in [0.15, 0.2) is 12.4 Å². The first-order chi connectivity index (χ1) is 7.52. The molecule has 0 bridgehead atoms. The van der Waals surface area contributed by atoms with Gasteiger partial charge < -0.3 is 10.8 Å². The fraction of sp³-hybridized carbons (Fsp3) is 0.300. The van der Waals surface area contributed by atoms with Crippen molar-refractivity contribution < 1.29 is 9.90 Å². The van der Waals surface area contributed by atoms with Gasteiger partial charge in [-0.2, -0.15) is 5.10 Å². The van der Waals surface area contributed by atoms with Gasteiger partial charge in [0.2, 0.25) is 0 Å². The number of hydrogen-bond donors (Lipinski definition) is 2. The summed E-state index contributed by atoms with van der Waals surface area (Å²) in [5.74, 6) is -0.680. The Morgan fingerprint density at radius 3 is 2.81 bits per heavy atom. The van der Waals surface area contributed by atoms with Crippen molar-refractivity contribution in [2.45, 2.75) is 19.8 Å². The third-order valence-corrected chi connectivity index (χ3v) is 2.43. The maximum Gasteiger partial charge on any atom is 0.338 e. The van der Waals surface area contributed by atoms with Gasteiger partial charge in [0.15, 0.2) is 5.82 Å². The third kappa shape index (κ3) is 1.39. The Morgan fingerprint density at radius 1 is 1.56 bits per heavy atom. The minimum Gasteiger partial charge on any atom is -0.478 e. The SMILES string of the molecule is CC(C)c1cc(C(=O)O)c2c(N)ncnn12. The van der Waals surface area contributed by atoms with E-state index in [-0.39, 0.29) is 17.3 Å². The molecule has 0 radical (unpaired) electrons. The number of aromatic nitrogens is 3. The van der Waals surface area contributed by atoms with Crippen LogP contribution in [0.1, 0.15) is 35.8 Å². The molecule has 84 valence electrons. The molecule has 2 heterocycles. The van der Waals surface area contributed by atoms with Crippen LogP contribution >= 0.6 is 0 Å².